The van der Waals surface area contributed by atoms with Crippen LogP contribution in [0.15, 0.2) is 5.10 Å². The Morgan fingerprint density at radius 3 is 2.39 bits per heavy atom. The summed E-state index contributed by atoms with van der Waals surface area (Å²) in [5, 5.41) is 7.58. The average molecular weight is 433 g/mol. The molecule has 2 fully saturated rings. The topological polar surface area (TPSA) is 90.9 Å². The zero-order valence-electron chi connectivity index (χ0n) is 17.2. The predicted molar refractivity (Wildman–Crippen MR) is 115 cm³/mol. The molecule has 1 heterocycles. The zero-order chi connectivity index (χ0) is 20.0. The van der Waals surface area contributed by atoms with E-state index in [1.54, 1.807) is 0 Å². The molecule has 1 aliphatic heterocycles. The first-order valence-electron chi connectivity index (χ1n) is 9.73. The summed E-state index contributed by atoms with van der Waals surface area (Å²) in [5.74, 6) is -0.669. The Balaban J connectivity index is 0.00000392. The van der Waals surface area contributed by atoms with Gasteiger partial charge in [0.2, 0.25) is 11.7 Å². The number of hydrogen-bond donors (Lipinski definition) is 2. The summed E-state index contributed by atoms with van der Waals surface area (Å²) in [7, 11) is 1.89. The van der Waals surface area contributed by atoms with E-state index < -0.39 is 17.7 Å². The minimum absolute atomic E-state index is 0. The monoisotopic (exact) mass is 432 g/mol. The predicted octanol–water partition coefficient (Wildman–Crippen LogP) is 2.54. The van der Waals surface area contributed by atoms with Crippen molar-refractivity contribution < 1.29 is 14.4 Å². The van der Waals surface area contributed by atoms with Crippen molar-refractivity contribution in [1.82, 2.24) is 15.6 Å². The molecule has 2 aliphatic rings. The lowest BCUT2D eigenvalue weighted by Gasteiger charge is -2.28. The third kappa shape index (κ3) is 7.62. The molecule has 0 aromatic heterocycles. The molecule has 2 N–H and O–H groups in total. The normalized spacial score (nSPS) is 20.4. The van der Waals surface area contributed by atoms with Crippen LogP contribution in [0.2, 0.25) is 0 Å². The molecule has 9 heteroatoms. The fourth-order valence-electron chi connectivity index (χ4n) is 3.39. The van der Waals surface area contributed by atoms with E-state index in [1.807, 2.05) is 32.7 Å². The Morgan fingerprint density at radius 1 is 1.21 bits per heavy atom. The Bertz CT molecular complexity index is 600. The molecule has 7 nitrogen and oxygen atoms in total. The summed E-state index contributed by atoms with van der Waals surface area (Å²) >= 11 is 1.53. The van der Waals surface area contributed by atoms with E-state index in [4.69, 9.17) is 0 Å². The van der Waals surface area contributed by atoms with Crippen molar-refractivity contribution in [2.75, 3.05) is 19.3 Å². The van der Waals surface area contributed by atoms with E-state index in [9.17, 15) is 14.4 Å². The van der Waals surface area contributed by atoms with E-state index in [0.717, 1.165) is 44.4 Å². The summed E-state index contributed by atoms with van der Waals surface area (Å²) in [5.41, 5.74) is 2.16. The van der Waals surface area contributed by atoms with Crippen LogP contribution in [0, 0.1) is 11.3 Å². The van der Waals surface area contributed by atoms with Gasteiger partial charge >= 0.3 is 5.91 Å². The maximum absolute atomic E-state index is 12.7. The molecule has 0 aromatic carbocycles. The minimum atomic E-state index is -0.825. The largest absolute Gasteiger partial charge is 0.352 e. The molecule has 1 unspecified atom stereocenters. The molecule has 1 atom stereocenters. The van der Waals surface area contributed by atoms with Gasteiger partial charge in [0, 0.05) is 25.3 Å². The highest BCUT2D eigenvalue weighted by molar-refractivity contribution is 8.14. The van der Waals surface area contributed by atoms with Crippen molar-refractivity contribution in [2.45, 2.75) is 65.3 Å². The summed E-state index contributed by atoms with van der Waals surface area (Å²) in [6, 6.07) is -0.825. The van der Waals surface area contributed by atoms with E-state index in [-0.39, 0.29) is 29.6 Å². The summed E-state index contributed by atoms with van der Waals surface area (Å²) < 4.78 is 0. The van der Waals surface area contributed by atoms with Crippen LogP contribution < -0.4 is 10.7 Å². The van der Waals surface area contributed by atoms with Gasteiger partial charge < -0.3 is 10.2 Å². The van der Waals surface area contributed by atoms with Crippen LogP contribution in [0.4, 0.5) is 0 Å². The SMILES string of the molecule is CN1CCS/C1=N\NC(=O)C(=O)C(CC(C)(C)C)NC(=O)C1CCCCC1.Cl. The van der Waals surface area contributed by atoms with Crippen molar-refractivity contribution in [2.24, 2.45) is 16.4 Å². The molecule has 0 radical (unpaired) electrons. The van der Waals surface area contributed by atoms with Crippen molar-refractivity contribution in [1.29, 1.82) is 0 Å². The number of hydrazone groups is 1. The van der Waals surface area contributed by atoms with Gasteiger partial charge in [-0.05, 0) is 24.7 Å². The number of halogens is 1. The number of ketones is 1. The molecule has 28 heavy (non-hydrogen) atoms. The first kappa shape index (κ1) is 24.8. The second-order valence-corrected chi connectivity index (χ2v) is 9.69. The van der Waals surface area contributed by atoms with E-state index in [2.05, 4.69) is 15.8 Å². The van der Waals surface area contributed by atoms with E-state index in [0.29, 0.717) is 11.6 Å². The lowest BCUT2D eigenvalue weighted by molar-refractivity contribution is -0.141. The number of amidine groups is 1. The number of nitrogens with zero attached hydrogens (tertiary/aromatic N) is 2. The number of amides is 2. The Labute approximate surface area is 178 Å². The second kappa shape index (κ2) is 11.0. The molecule has 160 valence electrons. The number of nitrogens with one attached hydrogen (secondary N) is 2. The number of Topliss-reactive ketones (excluding diaryl/α,β-unsaturated/α-hetero) is 1. The molecule has 2 rings (SSSR count). The molecular formula is C19H33ClN4O3S. The zero-order valence-corrected chi connectivity index (χ0v) is 18.9. The van der Waals surface area contributed by atoms with Gasteiger partial charge in [-0.3, -0.25) is 14.4 Å². The molecule has 0 aromatic rings. The smallest absolute Gasteiger partial charge is 0.309 e. The quantitative estimate of drug-likeness (QED) is 0.497. The van der Waals surface area contributed by atoms with Crippen molar-refractivity contribution >= 4 is 46.9 Å². The average Bonchev–Trinajstić information content (AvgIpc) is 3.03. The van der Waals surface area contributed by atoms with Gasteiger partial charge in [-0.25, -0.2) is 5.43 Å². The highest BCUT2D eigenvalue weighted by Crippen LogP contribution is 2.25. The van der Waals surface area contributed by atoms with Crippen molar-refractivity contribution in [3.05, 3.63) is 0 Å². The molecule has 2 amide bonds. The highest BCUT2D eigenvalue weighted by atomic mass is 35.5. The molecule has 0 spiro atoms. The van der Waals surface area contributed by atoms with Crippen LogP contribution in [0.5, 0.6) is 0 Å². The molecule has 1 saturated carbocycles. The lowest BCUT2D eigenvalue weighted by Crippen LogP contribution is -2.50. The van der Waals surface area contributed by atoms with Crippen LogP contribution in [-0.4, -0.2) is 53.1 Å². The highest BCUT2D eigenvalue weighted by Gasteiger charge is 2.33. The first-order valence-corrected chi connectivity index (χ1v) is 10.7. The maximum atomic E-state index is 12.7. The van der Waals surface area contributed by atoms with E-state index >= 15 is 0 Å². The van der Waals surface area contributed by atoms with Crippen molar-refractivity contribution in [3.8, 4) is 0 Å². The number of hydrogen-bond acceptors (Lipinski definition) is 5. The van der Waals surface area contributed by atoms with Gasteiger partial charge in [-0.1, -0.05) is 51.8 Å². The van der Waals surface area contributed by atoms with Crippen LogP contribution in [-0.2, 0) is 14.4 Å². The Hall–Kier alpha value is -1.28. The van der Waals surface area contributed by atoms with Gasteiger partial charge in [0.1, 0.15) is 0 Å². The fraction of sp³-hybridized carbons (Fsp3) is 0.789. The minimum Gasteiger partial charge on any atom is -0.352 e. The van der Waals surface area contributed by atoms with Crippen molar-refractivity contribution in [3.63, 3.8) is 0 Å². The van der Waals surface area contributed by atoms with E-state index in [1.165, 1.54) is 11.8 Å². The third-order valence-corrected chi connectivity index (χ3v) is 5.93. The van der Waals surface area contributed by atoms with Crippen LogP contribution in [0.1, 0.15) is 59.3 Å². The fourth-order valence-corrected chi connectivity index (χ4v) is 4.35. The van der Waals surface area contributed by atoms with Gasteiger partial charge in [0.25, 0.3) is 0 Å². The van der Waals surface area contributed by atoms with Gasteiger partial charge in [-0.15, -0.1) is 17.5 Å². The Kier molecular flexibility index (Phi) is 9.77. The number of carbonyl (C=O) groups excluding carboxylic acids is 3. The summed E-state index contributed by atoms with van der Waals surface area (Å²) in [4.78, 5) is 39.6. The van der Waals surface area contributed by atoms with Gasteiger partial charge in [0.05, 0.1) is 6.04 Å². The summed E-state index contributed by atoms with van der Waals surface area (Å²) in [6.45, 7) is 6.82. The maximum Gasteiger partial charge on any atom is 0.309 e. The molecule has 1 saturated heterocycles. The van der Waals surface area contributed by atoms with Gasteiger partial charge in [-0.2, -0.15) is 0 Å². The Morgan fingerprint density at radius 2 is 1.86 bits per heavy atom. The standard InChI is InChI=1S/C19H32N4O3S.ClH/c1-19(2,3)12-14(20-16(25)13-8-6-5-7-9-13)15(24)17(26)21-22-18-23(4)10-11-27-18;/h13-14H,5-12H2,1-4H3,(H,20,25)(H,21,26);1H/b22-18-;. The number of rotatable bonds is 6. The number of carbonyl (C=O) groups is 3. The van der Waals surface area contributed by atoms with Gasteiger partial charge in [0.15, 0.2) is 5.17 Å². The second-order valence-electron chi connectivity index (χ2n) is 8.63. The lowest BCUT2D eigenvalue weighted by atomic mass is 9.85. The molecule has 1 aliphatic carbocycles. The van der Waals surface area contributed by atoms with Crippen LogP contribution >= 0.6 is 24.2 Å². The first-order chi connectivity index (χ1) is 12.7. The van der Waals surface area contributed by atoms with Crippen LogP contribution in [0.3, 0.4) is 0 Å². The van der Waals surface area contributed by atoms with Crippen LogP contribution in [0.25, 0.3) is 0 Å². The molecular weight excluding hydrogens is 400 g/mol. The number of thioether (sulfide) groups is 1. The summed E-state index contributed by atoms with van der Waals surface area (Å²) in [6.07, 6.45) is 5.35. The molecule has 0 bridgehead atoms. The third-order valence-electron chi connectivity index (χ3n) is 4.89.